The van der Waals surface area contributed by atoms with E-state index in [9.17, 15) is 18.0 Å². The maximum atomic E-state index is 12.3. The van der Waals surface area contributed by atoms with Gasteiger partial charge in [0, 0.05) is 5.56 Å². The van der Waals surface area contributed by atoms with Crippen molar-refractivity contribution in [3.05, 3.63) is 65.2 Å². The molecule has 0 saturated heterocycles. The first-order valence-corrected chi connectivity index (χ1v) is 10.4. The van der Waals surface area contributed by atoms with Gasteiger partial charge in [-0.3, -0.25) is 4.79 Å². The van der Waals surface area contributed by atoms with Gasteiger partial charge in [0.25, 0.3) is 0 Å². The van der Waals surface area contributed by atoms with Gasteiger partial charge in [0.1, 0.15) is 0 Å². The molecule has 152 valence electrons. The van der Waals surface area contributed by atoms with Crippen molar-refractivity contribution in [1.82, 2.24) is 4.72 Å². The molecule has 0 heterocycles. The molecule has 2 aromatic rings. The molecule has 0 aliphatic heterocycles. The lowest BCUT2D eigenvalue weighted by Crippen LogP contribution is -2.24. The number of benzene rings is 2. The molecule has 0 spiro atoms. The van der Waals surface area contributed by atoms with Gasteiger partial charge in [0.05, 0.1) is 17.0 Å². The van der Waals surface area contributed by atoms with E-state index in [4.69, 9.17) is 11.2 Å². The monoisotopic (exact) mass is 413 g/mol. The van der Waals surface area contributed by atoms with Crippen LogP contribution in [0.25, 0.3) is 0 Å². The molecule has 0 unspecified atom stereocenters. The van der Waals surface area contributed by atoms with Crippen LogP contribution in [0.2, 0.25) is 0 Å². The summed E-state index contributed by atoms with van der Waals surface area (Å²) >= 11 is 0. The lowest BCUT2D eigenvalue weighted by Gasteiger charge is -2.18. The van der Waals surface area contributed by atoms with Gasteiger partial charge in [-0.15, -0.1) is 6.42 Å². The van der Waals surface area contributed by atoms with E-state index in [2.05, 4.69) is 31.4 Å². The molecule has 0 bridgehead atoms. The number of ketones is 1. The first-order chi connectivity index (χ1) is 13.5. The first kappa shape index (κ1) is 22.3. The molecule has 0 fully saturated rings. The summed E-state index contributed by atoms with van der Waals surface area (Å²) in [7, 11) is -3.84. The Morgan fingerprint density at radius 1 is 1.07 bits per heavy atom. The Hall–Kier alpha value is -2.95. The number of terminal acetylenes is 1. The van der Waals surface area contributed by atoms with E-state index >= 15 is 0 Å². The summed E-state index contributed by atoms with van der Waals surface area (Å²) in [6, 6.07) is 12.4. The van der Waals surface area contributed by atoms with Crippen molar-refractivity contribution in [3.63, 3.8) is 0 Å². The largest absolute Gasteiger partial charge is 0.454 e. The van der Waals surface area contributed by atoms with Crippen molar-refractivity contribution in [2.24, 2.45) is 0 Å². The van der Waals surface area contributed by atoms with Crippen LogP contribution in [0.3, 0.4) is 0 Å². The van der Waals surface area contributed by atoms with Gasteiger partial charge < -0.3 is 4.74 Å². The van der Waals surface area contributed by atoms with E-state index in [1.54, 1.807) is 12.1 Å². The van der Waals surface area contributed by atoms with Crippen LogP contribution in [-0.2, 0) is 20.2 Å². The third kappa shape index (κ3) is 6.01. The molecule has 0 amide bonds. The molecular weight excluding hydrogens is 390 g/mol. The standard InChI is InChI=1S/C22H23NO5S/c1-5-13-23-29(26,27)19-8-6-7-17(14-19)21(25)28-15-20(24)16-9-11-18(12-10-16)22(2,3)4/h1,6-12,14,23H,13,15H2,2-4H3. The molecule has 2 rings (SSSR count). The van der Waals surface area contributed by atoms with Crippen LogP contribution in [-0.4, -0.2) is 33.3 Å². The highest BCUT2D eigenvalue weighted by molar-refractivity contribution is 7.89. The normalized spacial score (nSPS) is 11.5. The molecule has 1 N–H and O–H groups in total. The smallest absolute Gasteiger partial charge is 0.338 e. The van der Waals surface area contributed by atoms with Gasteiger partial charge in [-0.25, -0.2) is 13.2 Å². The third-order valence-corrected chi connectivity index (χ3v) is 5.55. The van der Waals surface area contributed by atoms with Crippen molar-refractivity contribution >= 4 is 21.8 Å². The molecule has 0 aliphatic carbocycles. The van der Waals surface area contributed by atoms with Crippen molar-refractivity contribution in [2.45, 2.75) is 31.1 Å². The van der Waals surface area contributed by atoms with Crippen LogP contribution in [0.5, 0.6) is 0 Å². The summed E-state index contributed by atoms with van der Waals surface area (Å²) in [5.74, 6) is 1.03. The van der Waals surface area contributed by atoms with E-state index in [0.717, 1.165) is 5.56 Å². The van der Waals surface area contributed by atoms with E-state index in [1.165, 1.54) is 24.3 Å². The van der Waals surface area contributed by atoms with E-state index < -0.39 is 22.6 Å². The second kappa shape index (κ2) is 9.03. The van der Waals surface area contributed by atoms with Crippen LogP contribution < -0.4 is 4.72 Å². The molecule has 2 aromatic carbocycles. The van der Waals surface area contributed by atoms with Gasteiger partial charge in [0.15, 0.2) is 12.4 Å². The van der Waals surface area contributed by atoms with Crippen LogP contribution in [0.1, 0.15) is 47.1 Å². The maximum absolute atomic E-state index is 12.3. The predicted molar refractivity (Wildman–Crippen MR) is 110 cm³/mol. The number of rotatable bonds is 7. The van der Waals surface area contributed by atoms with Crippen molar-refractivity contribution < 1.29 is 22.7 Å². The van der Waals surface area contributed by atoms with Gasteiger partial charge in [-0.2, -0.15) is 4.72 Å². The quantitative estimate of drug-likeness (QED) is 0.428. The number of ether oxygens (including phenoxy) is 1. The minimum Gasteiger partial charge on any atom is -0.454 e. The summed E-state index contributed by atoms with van der Waals surface area (Å²) in [6.07, 6.45) is 5.05. The maximum Gasteiger partial charge on any atom is 0.338 e. The average Bonchev–Trinajstić information content (AvgIpc) is 2.69. The minimum absolute atomic E-state index is 0.0180. The average molecular weight is 413 g/mol. The second-order valence-corrected chi connectivity index (χ2v) is 9.15. The van der Waals surface area contributed by atoms with E-state index in [-0.39, 0.29) is 28.2 Å². The molecule has 0 atom stereocenters. The van der Waals surface area contributed by atoms with E-state index in [1.807, 2.05) is 12.1 Å². The Balaban J connectivity index is 2.05. The second-order valence-electron chi connectivity index (χ2n) is 7.38. The number of Topliss-reactive ketones (excluding diaryl/α,β-unsaturated/α-hetero) is 1. The third-order valence-electron chi connectivity index (χ3n) is 4.15. The number of esters is 1. The fraction of sp³-hybridized carbons (Fsp3) is 0.273. The fourth-order valence-corrected chi connectivity index (χ4v) is 3.44. The molecule has 7 heteroatoms. The highest BCUT2D eigenvalue weighted by atomic mass is 32.2. The number of hydrogen-bond donors (Lipinski definition) is 1. The molecule has 0 aromatic heterocycles. The number of sulfonamides is 1. The van der Waals surface area contributed by atoms with Crippen molar-refractivity contribution in [2.75, 3.05) is 13.2 Å². The minimum atomic E-state index is -3.84. The molecule has 6 nitrogen and oxygen atoms in total. The predicted octanol–water partition coefficient (Wildman–Crippen LogP) is 2.94. The van der Waals surface area contributed by atoms with Gasteiger partial charge in [0.2, 0.25) is 10.0 Å². The number of carbonyl (C=O) groups excluding carboxylic acids is 2. The molecule has 29 heavy (non-hydrogen) atoms. The van der Waals surface area contributed by atoms with Crippen molar-refractivity contribution in [1.29, 1.82) is 0 Å². The Labute approximate surface area is 171 Å². The summed E-state index contributed by atoms with van der Waals surface area (Å²) in [5, 5.41) is 0. The topological polar surface area (TPSA) is 89.5 Å². The van der Waals surface area contributed by atoms with Crippen molar-refractivity contribution in [3.8, 4) is 12.3 Å². The molecule has 0 radical (unpaired) electrons. The van der Waals surface area contributed by atoms with Gasteiger partial charge in [-0.1, -0.05) is 57.0 Å². The lowest BCUT2D eigenvalue weighted by atomic mass is 9.86. The lowest BCUT2D eigenvalue weighted by molar-refractivity contribution is 0.0474. The van der Waals surface area contributed by atoms with Gasteiger partial charge in [-0.05, 0) is 29.2 Å². The Morgan fingerprint density at radius 2 is 1.72 bits per heavy atom. The number of hydrogen-bond acceptors (Lipinski definition) is 5. The Kier molecular flexibility index (Phi) is 6.96. The van der Waals surface area contributed by atoms with Crippen LogP contribution in [0.4, 0.5) is 0 Å². The summed E-state index contributed by atoms with van der Waals surface area (Å²) in [4.78, 5) is 24.4. The summed E-state index contributed by atoms with van der Waals surface area (Å²) in [6.45, 7) is 5.60. The zero-order chi connectivity index (χ0) is 21.7. The first-order valence-electron chi connectivity index (χ1n) is 8.88. The van der Waals surface area contributed by atoms with Crippen LogP contribution >= 0.6 is 0 Å². The number of nitrogens with one attached hydrogen (secondary N) is 1. The Bertz CT molecular complexity index is 1040. The van der Waals surface area contributed by atoms with Crippen LogP contribution in [0.15, 0.2) is 53.4 Å². The summed E-state index contributed by atoms with van der Waals surface area (Å²) < 4.78 is 31.5. The summed E-state index contributed by atoms with van der Waals surface area (Å²) in [5.41, 5.74) is 1.50. The van der Waals surface area contributed by atoms with E-state index in [0.29, 0.717) is 5.56 Å². The number of carbonyl (C=O) groups is 2. The highest BCUT2D eigenvalue weighted by Crippen LogP contribution is 2.22. The Morgan fingerprint density at radius 3 is 2.31 bits per heavy atom. The highest BCUT2D eigenvalue weighted by Gasteiger charge is 2.18. The fourth-order valence-electron chi connectivity index (χ4n) is 2.46. The molecule has 0 saturated carbocycles. The van der Waals surface area contributed by atoms with Gasteiger partial charge >= 0.3 is 5.97 Å². The van der Waals surface area contributed by atoms with Crippen LogP contribution in [0, 0.1) is 12.3 Å². The zero-order valence-corrected chi connectivity index (χ0v) is 17.4. The molecular formula is C22H23NO5S. The molecule has 0 aliphatic rings. The SMILES string of the molecule is C#CCNS(=O)(=O)c1cccc(C(=O)OCC(=O)c2ccc(C(C)(C)C)cc2)c1. The zero-order valence-electron chi connectivity index (χ0n) is 16.6.